The lowest BCUT2D eigenvalue weighted by atomic mass is 9.89. The molecule has 2 heterocycles. The summed E-state index contributed by atoms with van der Waals surface area (Å²) in [7, 11) is -0.918. The number of aromatic nitrogens is 4. The van der Waals surface area contributed by atoms with E-state index in [1.165, 1.54) is 6.07 Å². The van der Waals surface area contributed by atoms with Gasteiger partial charge in [-0.1, -0.05) is 11.6 Å². The Morgan fingerprint density at radius 3 is 2.62 bits per heavy atom. The number of halogens is 3. The number of sulfonamides is 1. The highest BCUT2D eigenvalue weighted by atomic mass is 35.5. The van der Waals surface area contributed by atoms with E-state index in [-0.39, 0.29) is 16.1 Å². The van der Waals surface area contributed by atoms with Gasteiger partial charge in [0.1, 0.15) is 23.0 Å². The molecular weight excluding hydrogens is 626 g/mol. The van der Waals surface area contributed by atoms with Crippen LogP contribution in [0.3, 0.4) is 0 Å². The Balaban J connectivity index is 1.28. The van der Waals surface area contributed by atoms with Gasteiger partial charge in [-0.3, -0.25) is 4.57 Å². The minimum atomic E-state index is -4.16. The van der Waals surface area contributed by atoms with Crippen LogP contribution in [0.5, 0.6) is 11.5 Å². The van der Waals surface area contributed by atoms with E-state index in [0.29, 0.717) is 53.5 Å². The molecule has 238 valence electrons. The van der Waals surface area contributed by atoms with E-state index in [4.69, 9.17) is 21.1 Å². The molecule has 2 aromatic heterocycles. The van der Waals surface area contributed by atoms with Gasteiger partial charge in [0.25, 0.3) is 5.92 Å². The van der Waals surface area contributed by atoms with E-state index in [1.54, 1.807) is 32.8 Å². The van der Waals surface area contributed by atoms with Gasteiger partial charge >= 0.3 is 0 Å². The Hall–Kier alpha value is -3.55. The highest BCUT2D eigenvalue weighted by Gasteiger charge is 2.47. The summed E-state index contributed by atoms with van der Waals surface area (Å²) in [4.78, 5) is 6.45. The van der Waals surface area contributed by atoms with Crippen LogP contribution in [0, 0.1) is 5.92 Å². The summed E-state index contributed by atoms with van der Waals surface area (Å²) in [6.07, 6.45) is 5.87. The summed E-state index contributed by atoms with van der Waals surface area (Å²) in [5.74, 6) is -0.248. The van der Waals surface area contributed by atoms with Gasteiger partial charge in [-0.2, -0.15) is 0 Å². The Labute approximate surface area is 264 Å². The second-order valence-corrected chi connectivity index (χ2v) is 14.2. The minimum absolute atomic E-state index is 0.00454. The van der Waals surface area contributed by atoms with Gasteiger partial charge in [0.15, 0.2) is 0 Å². The number of aryl methyl sites for hydroxylation is 1. The van der Waals surface area contributed by atoms with E-state index in [0.717, 1.165) is 36.1 Å². The van der Waals surface area contributed by atoms with Crippen molar-refractivity contribution >= 4 is 38.3 Å². The molecule has 10 nitrogen and oxygen atoms in total. The van der Waals surface area contributed by atoms with E-state index in [1.807, 2.05) is 22.8 Å². The highest BCUT2D eigenvalue weighted by Crippen LogP contribution is 2.44. The summed E-state index contributed by atoms with van der Waals surface area (Å²) < 4.78 is 70.1. The summed E-state index contributed by atoms with van der Waals surface area (Å²) in [6.45, 7) is 1.31. The Morgan fingerprint density at radius 1 is 1.11 bits per heavy atom. The first-order valence-electron chi connectivity index (χ1n) is 14.9. The van der Waals surface area contributed by atoms with Crippen molar-refractivity contribution in [2.75, 3.05) is 25.7 Å². The lowest BCUT2D eigenvalue weighted by Crippen LogP contribution is -2.50. The Morgan fingerprint density at radius 2 is 1.91 bits per heavy atom. The fourth-order valence-corrected chi connectivity index (χ4v) is 8.22. The van der Waals surface area contributed by atoms with Gasteiger partial charge in [0, 0.05) is 60.6 Å². The van der Waals surface area contributed by atoms with E-state index in [9.17, 15) is 17.2 Å². The van der Waals surface area contributed by atoms with Crippen LogP contribution >= 0.6 is 11.6 Å². The third-order valence-electron chi connectivity index (χ3n) is 9.03. The van der Waals surface area contributed by atoms with Crippen molar-refractivity contribution in [2.45, 2.75) is 68.0 Å². The molecule has 0 aliphatic heterocycles. The molecule has 1 atom stereocenters. The van der Waals surface area contributed by atoms with Crippen LogP contribution in [-0.2, 0) is 23.0 Å². The fraction of sp³-hybridized carbons (Fsp3) is 0.452. The number of methoxy groups -OCH3 is 2. The normalized spacial score (nSPS) is 19.4. The van der Waals surface area contributed by atoms with Crippen LogP contribution < -0.4 is 19.1 Å². The van der Waals surface area contributed by atoms with Crippen molar-refractivity contribution in [3.05, 3.63) is 64.7 Å². The molecule has 2 fully saturated rings. The monoisotopic (exact) mass is 658 g/mol. The minimum Gasteiger partial charge on any atom is -0.497 e. The molecule has 0 bridgehead atoms. The molecule has 2 saturated carbocycles. The van der Waals surface area contributed by atoms with Crippen LogP contribution in [0.25, 0.3) is 10.8 Å². The van der Waals surface area contributed by atoms with Gasteiger partial charge in [-0.25, -0.2) is 26.9 Å². The van der Waals surface area contributed by atoms with Crippen LogP contribution in [-0.4, -0.2) is 60.9 Å². The van der Waals surface area contributed by atoms with Crippen molar-refractivity contribution in [2.24, 2.45) is 5.92 Å². The average Bonchev–Trinajstić information content (AvgIpc) is 3.50. The molecule has 1 N–H and O–H groups in total. The molecular formula is C31H33ClF2N6O4S. The van der Waals surface area contributed by atoms with Gasteiger partial charge in [-0.15, -0.1) is 10.2 Å². The average molecular weight is 659 g/mol. The molecule has 4 aromatic rings. The number of fused-ring (bicyclic) bond motifs is 3. The number of ether oxygens (including phenoxy) is 2. The molecule has 14 heteroatoms. The summed E-state index contributed by atoms with van der Waals surface area (Å²) in [6, 6.07) is 7.83. The number of pyridine rings is 1. The van der Waals surface area contributed by atoms with Crippen molar-refractivity contribution in [3.63, 3.8) is 0 Å². The molecule has 0 saturated heterocycles. The smallest absolute Gasteiger partial charge is 0.251 e. The third kappa shape index (κ3) is 5.81. The second-order valence-electron chi connectivity index (χ2n) is 12.2. The number of hydrogen-bond acceptors (Lipinski definition) is 8. The molecule has 2 aromatic carbocycles. The molecule has 0 amide bonds. The fourth-order valence-electron chi connectivity index (χ4n) is 6.59. The number of alkyl halides is 2. The SMILES string of the molecule is COc1ccc(CN(CC2CC2)c2nncn2C2CCc3c2cc(S(=O)(=O)NC2CC(F)(F)C2)c2cc(Cl)ncc32)c(OC)c1. The van der Waals surface area contributed by atoms with E-state index >= 15 is 0 Å². The molecule has 3 aliphatic carbocycles. The zero-order valence-electron chi connectivity index (χ0n) is 24.8. The lowest BCUT2D eigenvalue weighted by Gasteiger charge is -2.35. The second kappa shape index (κ2) is 11.4. The summed E-state index contributed by atoms with van der Waals surface area (Å²) in [5.41, 5.74) is 2.74. The maximum absolute atomic E-state index is 13.7. The predicted molar refractivity (Wildman–Crippen MR) is 165 cm³/mol. The zero-order valence-corrected chi connectivity index (χ0v) is 26.4. The van der Waals surface area contributed by atoms with Crippen molar-refractivity contribution in [1.29, 1.82) is 0 Å². The Bertz CT molecular complexity index is 1880. The van der Waals surface area contributed by atoms with E-state index < -0.39 is 34.8 Å². The molecule has 7 rings (SSSR count). The molecule has 1 unspecified atom stereocenters. The maximum atomic E-state index is 13.7. The standard InChI is InChI=1S/C31H33ClF2N6O4S/c1-43-21-6-5-19(27(9-21)44-2)16-39(15-18-3-4-18)30-37-36-17-40(30)26-8-7-22-23(26)10-28(24-11-29(32)35-14-25(22)24)45(41,42)38-20-12-31(33,34)13-20/h5-6,9-11,14,17-18,20,26,38H,3-4,7-8,12-13,15-16H2,1-2H3. The van der Waals surface area contributed by atoms with Crippen LogP contribution in [0.15, 0.2) is 47.8 Å². The first kappa shape index (κ1) is 30.1. The largest absolute Gasteiger partial charge is 0.497 e. The number of benzene rings is 2. The number of nitrogens with one attached hydrogen (secondary N) is 1. The molecule has 0 spiro atoms. The first-order valence-corrected chi connectivity index (χ1v) is 16.8. The maximum Gasteiger partial charge on any atom is 0.251 e. The summed E-state index contributed by atoms with van der Waals surface area (Å²) in [5, 5.41) is 10.1. The summed E-state index contributed by atoms with van der Waals surface area (Å²) >= 11 is 6.22. The van der Waals surface area contributed by atoms with Crippen molar-refractivity contribution < 1.29 is 26.7 Å². The van der Waals surface area contributed by atoms with Gasteiger partial charge in [-0.05, 0) is 67.0 Å². The molecule has 45 heavy (non-hydrogen) atoms. The molecule has 0 radical (unpaired) electrons. The third-order valence-corrected chi connectivity index (χ3v) is 10.8. The van der Waals surface area contributed by atoms with Crippen LogP contribution in [0.4, 0.5) is 14.7 Å². The quantitative estimate of drug-likeness (QED) is 0.210. The number of hydrogen-bond donors (Lipinski definition) is 1. The van der Waals surface area contributed by atoms with E-state index in [2.05, 4.69) is 24.8 Å². The highest BCUT2D eigenvalue weighted by molar-refractivity contribution is 7.89. The zero-order chi connectivity index (χ0) is 31.5. The number of nitrogens with zero attached hydrogens (tertiary/aromatic N) is 5. The number of rotatable bonds is 11. The van der Waals surface area contributed by atoms with Crippen molar-refractivity contribution in [3.8, 4) is 11.5 Å². The van der Waals surface area contributed by atoms with Gasteiger partial charge in [0.05, 0.1) is 25.2 Å². The van der Waals surface area contributed by atoms with Crippen LogP contribution in [0.2, 0.25) is 5.15 Å². The van der Waals surface area contributed by atoms with Crippen molar-refractivity contribution in [1.82, 2.24) is 24.5 Å². The van der Waals surface area contributed by atoms with Gasteiger partial charge < -0.3 is 14.4 Å². The lowest BCUT2D eigenvalue weighted by molar-refractivity contribution is -0.0876. The Kier molecular flexibility index (Phi) is 7.60. The van der Waals surface area contributed by atoms with Crippen LogP contribution in [0.1, 0.15) is 54.8 Å². The first-order chi connectivity index (χ1) is 21.5. The predicted octanol–water partition coefficient (Wildman–Crippen LogP) is 5.53. The van der Waals surface area contributed by atoms with Gasteiger partial charge in [0.2, 0.25) is 16.0 Å². The molecule has 3 aliphatic rings. The topological polar surface area (TPSA) is 111 Å². The number of anilines is 1.